The first-order chi connectivity index (χ1) is 28.7. The van der Waals surface area contributed by atoms with Gasteiger partial charge in [-0.2, -0.15) is 0 Å². The van der Waals surface area contributed by atoms with Crippen LogP contribution in [-0.4, -0.2) is 90.9 Å². The van der Waals surface area contributed by atoms with E-state index in [1.165, 1.54) is 41.5 Å². The predicted octanol–water partition coefficient (Wildman–Crippen LogP) is 7.75. The topological polar surface area (TPSA) is 176 Å². The van der Waals surface area contributed by atoms with Gasteiger partial charge in [-0.3, -0.25) is 28.8 Å². The minimum Gasteiger partial charge on any atom is -0.463 e. The molecule has 1 saturated heterocycles. The lowest BCUT2D eigenvalue weighted by molar-refractivity contribution is -0.339. The molecule has 0 N–H and O–H groups in total. The number of carbonyl (C=O) groups is 6. The van der Waals surface area contributed by atoms with E-state index in [-0.39, 0.29) is 70.0 Å². The van der Waals surface area contributed by atoms with Crippen molar-refractivity contribution in [1.29, 1.82) is 0 Å². The van der Waals surface area contributed by atoms with Crippen molar-refractivity contribution in [3.05, 3.63) is 11.6 Å². The van der Waals surface area contributed by atoms with E-state index < -0.39 is 66.3 Å². The first-order valence-corrected chi connectivity index (χ1v) is 22.7. The smallest absolute Gasteiger partial charge is 0.303 e. The van der Waals surface area contributed by atoms with Crippen molar-refractivity contribution in [2.75, 3.05) is 6.61 Å². The summed E-state index contributed by atoms with van der Waals surface area (Å²) in [4.78, 5) is 75.5. The lowest BCUT2D eigenvalue weighted by Gasteiger charge is -2.70. The Labute approximate surface area is 368 Å². The number of rotatable bonds is 13. The Morgan fingerprint density at radius 2 is 1.21 bits per heavy atom. The molecule has 5 aliphatic rings. The Bertz CT molecular complexity index is 1750. The quantitative estimate of drug-likeness (QED) is 0.0997. The third-order valence-electron chi connectivity index (χ3n) is 16.2. The normalized spacial score (nSPS) is 39.2. The van der Waals surface area contributed by atoms with Gasteiger partial charge in [0.2, 0.25) is 0 Å². The molecule has 15 atom stereocenters. The van der Waals surface area contributed by atoms with Gasteiger partial charge < -0.3 is 37.9 Å². The molecular weight excluding hydrogens is 801 g/mol. The van der Waals surface area contributed by atoms with Gasteiger partial charge in [0.25, 0.3) is 0 Å². The summed E-state index contributed by atoms with van der Waals surface area (Å²) in [5.41, 5.74) is -0.741. The second-order valence-electron chi connectivity index (χ2n) is 20.8. The van der Waals surface area contributed by atoms with Crippen LogP contribution in [0.25, 0.3) is 0 Å². The first kappa shape index (κ1) is 49.5. The molecule has 0 aromatic rings. The van der Waals surface area contributed by atoms with Gasteiger partial charge in [-0.1, -0.05) is 46.3 Å². The van der Waals surface area contributed by atoms with Crippen LogP contribution in [0.1, 0.15) is 155 Å². The minimum atomic E-state index is -1.39. The first-order valence-electron chi connectivity index (χ1n) is 22.7. The summed E-state index contributed by atoms with van der Waals surface area (Å²) in [6, 6.07) is 0. The Morgan fingerprint density at radius 3 is 1.77 bits per heavy atom. The van der Waals surface area contributed by atoms with Crippen LogP contribution in [-0.2, 0) is 66.7 Å². The van der Waals surface area contributed by atoms with Gasteiger partial charge in [0.1, 0.15) is 24.9 Å². The van der Waals surface area contributed by atoms with E-state index in [4.69, 9.17) is 37.9 Å². The monoisotopic (exact) mass is 875 g/mol. The highest BCUT2D eigenvalue weighted by atomic mass is 16.7. The molecule has 14 nitrogen and oxygen atoms in total. The SMILES string of the molecule is CC(=O)OC[C@H]1O[C@H](OC(C)(CCC=C(C)C)C2CC[C@]3(C)[C@@H]2C(OC(C)=O)CC2[C@@]4(C)CC[C@H](OC(C)=O)C(C)(C)C4CC[C@]23C)C(OC(C)=O)[C@@H](OC(C)=O)[C@@H]1OC(C)=O. The molecule has 0 radical (unpaired) electrons. The van der Waals surface area contributed by atoms with Crippen molar-refractivity contribution in [1.82, 2.24) is 0 Å². The van der Waals surface area contributed by atoms with Crippen molar-refractivity contribution < 1.29 is 66.7 Å². The number of fused-ring (bicyclic) bond motifs is 5. The second-order valence-corrected chi connectivity index (χ2v) is 20.8. The molecule has 1 aliphatic heterocycles. The van der Waals surface area contributed by atoms with Gasteiger partial charge in [0.15, 0.2) is 24.6 Å². The predicted molar refractivity (Wildman–Crippen MR) is 226 cm³/mol. The molecule has 62 heavy (non-hydrogen) atoms. The van der Waals surface area contributed by atoms with Crippen LogP contribution in [0.15, 0.2) is 11.6 Å². The number of carbonyl (C=O) groups excluding carboxylic acids is 6. The standard InChI is InChI=1S/C48H74O14/c1-26(2)16-15-20-48(14,62-43-42(60-32(8)54)41(59-31(7)53)40(58-30(6)52)35(61-43)25-55-27(3)49)33-17-22-47(13)39(33)34(56-28(4)50)24-37-45(11)21-19-38(57-29(5)51)44(9,10)36(45)18-23-46(37,47)12/h16,33-43H,15,17-25H2,1-14H3/t33?,34?,35-,36?,37?,38+,39+,40-,41+,42?,43-,45+,46-,47-,48?/m1/s1. The number of ether oxygens (including phenoxy) is 8. The molecule has 350 valence electrons. The molecule has 0 amide bonds. The van der Waals surface area contributed by atoms with E-state index in [0.717, 1.165) is 44.1 Å². The molecule has 0 aromatic carbocycles. The molecule has 0 spiro atoms. The average molecular weight is 875 g/mol. The molecule has 4 saturated carbocycles. The van der Waals surface area contributed by atoms with Crippen LogP contribution in [0.3, 0.4) is 0 Å². The van der Waals surface area contributed by atoms with Crippen LogP contribution in [0.2, 0.25) is 0 Å². The third kappa shape index (κ3) is 9.61. The fourth-order valence-corrected chi connectivity index (χ4v) is 13.7. The van der Waals surface area contributed by atoms with Gasteiger partial charge in [-0.25, -0.2) is 0 Å². The van der Waals surface area contributed by atoms with E-state index in [1.54, 1.807) is 0 Å². The fraction of sp³-hybridized carbons (Fsp3) is 0.833. The van der Waals surface area contributed by atoms with Crippen LogP contribution in [0, 0.1) is 45.3 Å². The summed E-state index contributed by atoms with van der Waals surface area (Å²) in [6.45, 7) is 25.2. The zero-order valence-electron chi connectivity index (χ0n) is 39.7. The lowest BCUT2D eigenvalue weighted by Crippen LogP contribution is -2.67. The maximum atomic E-state index is 13.2. The van der Waals surface area contributed by atoms with Crippen LogP contribution >= 0.6 is 0 Å². The van der Waals surface area contributed by atoms with Crippen LogP contribution in [0.5, 0.6) is 0 Å². The van der Waals surface area contributed by atoms with E-state index in [2.05, 4.69) is 40.7 Å². The maximum Gasteiger partial charge on any atom is 0.303 e. The van der Waals surface area contributed by atoms with E-state index in [0.29, 0.717) is 19.3 Å². The number of hydrogen-bond acceptors (Lipinski definition) is 14. The number of hydrogen-bond donors (Lipinski definition) is 0. The molecule has 5 fully saturated rings. The van der Waals surface area contributed by atoms with E-state index in [1.807, 2.05) is 20.8 Å². The Hall–Kier alpha value is -3.52. The van der Waals surface area contributed by atoms with Gasteiger partial charge in [0, 0.05) is 52.9 Å². The van der Waals surface area contributed by atoms with Crippen molar-refractivity contribution in [3.63, 3.8) is 0 Å². The molecule has 14 heteroatoms. The number of esters is 6. The van der Waals surface area contributed by atoms with Crippen molar-refractivity contribution in [2.45, 2.75) is 203 Å². The fourth-order valence-electron chi connectivity index (χ4n) is 13.7. The summed E-state index contributed by atoms with van der Waals surface area (Å²) in [6.07, 6.45) is 1.83. The largest absolute Gasteiger partial charge is 0.463 e. The van der Waals surface area contributed by atoms with Crippen LogP contribution < -0.4 is 0 Å². The molecule has 0 bridgehead atoms. The maximum absolute atomic E-state index is 13.2. The second kappa shape index (κ2) is 18.5. The van der Waals surface area contributed by atoms with Crippen molar-refractivity contribution >= 4 is 35.8 Å². The molecule has 1 heterocycles. The van der Waals surface area contributed by atoms with Crippen LogP contribution in [0.4, 0.5) is 0 Å². The zero-order chi connectivity index (χ0) is 46.3. The van der Waals surface area contributed by atoms with Gasteiger partial charge in [0.05, 0.1) is 5.60 Å². The van der Waals surface area contributed by atoms with E-state index in [9.17, 15) is 28.8 Å². The van der Waals surface area contributed by atoms with Gasteiger partial charge in [-0.05, 0) is 113 Å². The Morgan fingerprint density at radius 1 is 0.645 bits per heavy atom. The Kier molecular flexibility index (Phi) is 14.8. The Balaban J connectivity index is 1.61. The molecule has 0 aromatic heterocycles. The zero-order valence-corrected chi connectivity index (χ0v) is 39.7. The number of allylic oxidation sites excluding steroid dienone is 2. The van der Waals surface area contributed by atoms with Gasteiger partial charge in [-0.15, -0.1) is 0 Å². The molecular formula is C48H74O14. The molecule has 6 unspecified atom stereocenters. The summed E-state index contributed by atoms with van der Waals surface area (Å²) in [7, 11) is 0. The summed E-state index contributed by atoms with van der Waals surface area (Å²) < 4.78 is 49.0. The summed E-state index contributed by atoms with van der Waals surface area (Å²) in [5, 5.41) is 0. The van der Waals surface area contributed by atoms with Crippen molar-refractivity contribution in [2.24, 2.45) is 45.3 Å². The van der Waals surface area contributed by atoms with Gasteiger partial charge >= 0.3 is 35.8 Å². The van der Waals surface area contributed by atoms with Crippen molar-refractivity contribution in [3.8, 4) is 0 Å². The highest BCUT2D eigenvalue weighted by Crippen LogP contribution is 2.76. The highest BCUT2D eigenvalue weighted by molar-refractivity contribution is 5.69. The average Bonchev–Trinajstić information content (AvgIpc) is 3.51. The summed E-state index contributed by atoms with van der Waals surface area (Å²) in [5.74, 6) is -3.25. The third-order valence-corrected chi connectivity index (χ3v) is 16.2. The minimum absolute atomic E-state index is 0.116. The summed E-state index contributed by atoms with van der Waals surface area (Å²) >= 11 is 0. The lowest BCUT2D eigenvalue weighted by atomic mass is 9.35. The highest BCUT2D eigenvalue weighted by Gasteiger charge is 2.73. The molecule has 4 aliphatic carbocycles. The van der Waals surface area contributed by atoms with E-state index >= 15 is 0 Å². The molecule has 5 rings (SSSR count).